The molecule has 0 aliphatic heterocycles. The van der Waals surface area contributed by atoms with Gasteiger partial charge in [0.2, 0.25) is 5.91 Å². The summed E-state index contributed by atoms with van der Waals surface area (Å²) in [6.45, 7) is 8.44. The number of pyridine rings is 2. The number of fused-ring (bicyclic) bond motifs is 1. The lowest BCUT2D eigenvalue weighted by Gasteiger charge is -2.39. The first-order valence-electron chi connectivity index (χ1n) is 12.9. The molecule has 0 aromatic carbocycles. The Kier molecular flexibility index (Phi) is 7.18. The van der Waals surface area contributed by atoms with Crippen LogP contribution in [0.2, 0.25) is 0 Å². The maximum absolute atomic E-state index is 13.3. The van der Waals surface area contributed by atoms with Crippen molar-refractivity contribution in [3.05, 3.63) is 39.9 Å². The fraction of sp³-hybridized carbons (Fsp3) is 0.679. The molecule has 0 spiro atoms. The van der Waals surface area contributed by atoms with Gasteiger partial charge in [-0.25, -0.2) is 0 Å². The van der Waals surface area contributed by atoms with Crippen molar-refractivity contribution in [1.29, 1.82) is 0 Å². The van der Waals surface area contributed by atoms with E-state index in [2.05, 4.69) is 31.1 Å². The lowest BCUT2D eigenvalue weighted by molar-refractivity contribution is -0.129. The van der Waals surface area contributed by atoms with Crippen molar-refractivity contribution < 1.29 is 9.53 Å². The fourth-order valence-corrected chi connectivity index (χ4v) is 6.19. The molecule has 2 fully saturated rings. The molecule has 0 radical (unpaired) electrons. The molecule has 5 atom stereocenters. The molecule has 0 bridgehead atoms. The van der Waals surface area contributed by atoms with Crippen LogP contribution in [0.5, 0.6) is 0 Å². The monoisotopic (exact) mass is 467 g/mol. The first kappa shape index (κ1) is 24.9. The van der Waals surface area contributed by atoms with Gasteiger partial charge in [0.1, 0.15) is 0 Å². The van der Waals surface area contributed by atoms with E-state index in [0.29, 0.717) is 11.8 Å². The molecule has 186 valence electrons. The topological polar surface area (TPSA) is 73.2 Å². The Labute approximate surface area is 203 Å². The molecule has 1 amide bonds. The molecule has 2 aromatic rings. The van der Waals surface area contributed by atoms with Crippen LogP contribution in [-0.4, -0.2) is 34.2 Å². The molecule has 6 nitrogen and oxygen atoms in total. The zero-order valence-electron chi connectivity index (χ0n) is 21.7. The molecule has 6 heteroatoms. The third-order valence-corrected chi connectivity index (χ3v) is 8.77. The lowest BCUT2D eigenvalue weighted by atomic mass is 9.72. The molecule has 34 heavy (non-hydrogen) atoms. The van der Waals surface area contributed by atoms with E-state index in [4.69, 9.17) is 4.74 Å². The minimum absolute atomic E-state index is 0.0498. The number of carbonyl (C=O) groups is 1. The largest absolute Gasteiger partial charge is 0.379 e. The Morgan fingerprint density at radius 2 is 1.94 bits per heavy atom. The number of aryl methyl sites for hydroxylation is 2. The summed E-state index contributed by atoms with van der Waals surface area (Å²) in [4.78, 5) is 31.0. The normalized spacial score (nSPS) is 28.1. The van der Waals surface area contributed by atoms with Gasteiger partial charge in [-0.1, -0.05) is 13.3 Å². The third kappa shape index (κ3) is 4.93. The number of aromatic nitrogens is 2. The highest BCUT2D eigenvalue weighted by atomic mass is 16.5. The van der Waals surface area contributed by atoms with Crippen molar-refractivity contribution >= 4 is 16.8 Å². The standard InChI is InChI=1S/C28H41N3O3/c1-17-10-11-22(30-26(32)19-8-7-9-21(13-19)28(3,4)34-6)15-23(17)24-14-20-16-29-18(2)12-25(20)31(5)27(24)33/h12,14,16-17,19,21-23H,7-11,13,15H2,1-6H3,(H,30,32). The average molecular weight is 468 g/mol. The number of hydrogen-bond donors (Lipinski definition) is 1. The van der Waals surface area contributed by atoms with Crippen LogP contribution in [0.1, 0.15) is 82.9 Å². The number of carbonyl (C=O) groups excluding carboxylic acids is 1. The number of ether oxygens (including phenoxy) is 1. The van der Waals surface area contributed by atoms with Crippen molar-refractivity contribution in [2.24, 2.45) is 24.8 Å². The van der Waals surface area contributed by atoms with Crippen LogP contribution in [0.25, 0.3) is 10.9 Å². The minimum atomic E-state index is -0.201. The first-order chi connectivity index (χ1) is 16.1. The first-order valence-corrected chi connectivity index (χ1v) is 12.9. The third-order valence-electron chi connectivity index (χ3n) is 8.77. The number of rotatable bonds is 5. The summed E-state index contributed by atoms with van der Waals surface area (Å²) in [5.74, 6) is 1.17. The van der Waals surface area contributed by atoms with Gasteiger partial charge in [0, 0.05) is 49.0 Å². The Morgan fingerprint density at radius 3 is 2.68 bits per heavy atom. The SMILES string of the molecule is COC(C)(C)C1CCCC(C(=O)NC2CCC(C)C(c3cc4cnc(C)cc4n(C)c3=O)C2)C1. The fourth-order valence-electron chi connectivity index (χ4n) is 6.19. The van der Waals surface area contributed by atoms with Crippen molar-refractivity contribution in [2.45, 2.75) is 90.2 Å². The van der Waals surface area contributed by atoms with E-state index in [9.17, 15) is 9.59 Å². The van der Waals surface area contributed by atoms with Crippen molar-refractivity contribution in [1.82, 2.24) is 14.9 Å². The van der Waals surface area contributed by atoms with E-state index in [-0.39, 0.29) is 34.9 Å². The molecule has 1 N–H and O–H groups in total. The van der Waals surface area contributed by atoms with Crippen LogP contribution in [0.4, 0.5) is 0 Å². The van der Waals surface area contributed by atoms with E-state index in [1.807, 2.05) is 32.3 Å². The molecule has 4 rings (SSSR count). The molecule has 2 aliphatic rings. The summed E-state index contributed by atoms with van der Waals surface area (Å²) >= 11 is 0. The van der Waals surface area contributed by atoms with Gasteiger partial charge < -0.3 is 14.6 Å². The molecule has 0 saturated heterocycles. The van der Waals surface area contributed by atoms with Crippen molar-refractivity contribution in [2.75, 3.05) is 7.11 Å². The summed E-state index contributed by atoms with van der Waals surface area (Å²) in [6, 6.07) is 4.12. The molecular formula is C28H41N3O3. The maximum Gasteiger partial charge on any atom is 0.254 e. The van der Waals surface area contributed by atoms with Crippen LogP contribution in [0.15, 0.2) is 23.1 Å². The quantitative estimate of drug-likeness (QED) is 0.681. The average Bonchev–Trinajstić information content (AvgIpc) is 2.83. The van der Waals surface area contributed by atoms with Gasteiger partial charge >= 0.3 is 0 Å². The molecular weight excluding hydrogens is 426 g/mol. The second-order valence-corrected chi connectivity index (χ2v) is 11.3. The maximum atomic E-state index is 13.3. The van der Waals surface area contributed by atoms with Crippen LogP contribution in [-0.2, 0) is 16.6 Å². The van der Waals surface area contributed by atoms with Gasteiger partial charge in [0.15, 0.2) is 0 Å². The summed E-state index contributed by atoms with van der Waals surface area (Å²) < 4.78 is 7.48. The summed E-state index contributed by atoms with van der Waals surface area (Å²) in [6.07, 6.45) is 8.68. The van der Waals surface area contributed by atoms with Gasteiger partial charge in [-0.05, 0) is 89.2 Å². The van der Waals surface area contributed by atoms with Crippen LogP contribution >= 0.6 is 0 Å². The summed E-state index contributed by atoms with van der Waals surface area (Å²) in [5, 5.41) is 4.37. The zero-order valence-corrected chi connectivity index (χ0v) is 21.7. The van der Waals surface area contributed by atoms with Crippen LogP contribution in [0.3, 0.4) is 0 Å². The van der Waals surface area contributed by atoms with E-state index < -0.39 is 0 Å². The summed E-state index contributed by atoms with van der Waals surface area (Å²) in [7, 11) is 3.61. The smallest absolute Gasteiger partial charge is 0.254 e. The predicted octanol–water partition coefficient (Wildman–Crippen LogP) is 4.86. The molecule has 2 aromatic heterocycles. The predicted molar refractivity (Wildman–Crippen MR) is 136 cm³/mol. The van der Waals surface area contributed by atoms with Gasteiger partial charge in [0.05, 0.1) is 11.1 Å². The Bertz CT molecular complexity index is 1110. The zero-order chi connectivity index (χ0) is 24.6. The Balaban J connectivity index is 1.50. The molecule has 2 saturated carbocycles. The van der Waals surface area contributed by atoms with Gasteiger partial charge in [0.25, 0.3) is 5.56 Å². The van der Waals surface area contributed by atoms with E-state index in [1.165, 1.54) is 0 Å². The second-order valence-electron chi connectivity index (χ2n) is 11.3. The van der Waals surface area contributed by atoms with Crippen molar-refractivity contribution in [3.8, 4) is 0 Å². The summed E-state index contributed by atoms with van der Waals surface area (Å²) in [5.41, 5.74) is 2.54. The van der Waals surface area contributed by atoms with Gasteiger partial charge in [-0.2, -0.15) is 0 Å². The number of amides is 1. The molecule has 5 unspecified atom stereocenters. The number of nitrogens with one attached hydrogen (secondary N) is 1. The molecule has 2 aliphatic carbocycles. The highest BCUT2D eigenvalue weighted by Crippen LogP contribution is 2.39. The minimum Gasteiger partial charge on any atom is -0.379 e. The second kappa shape index (κ2) is 9.80. The van der Waals surface area contributed by atoms with Crippen LogP contribution < -0.4 is 10.9 Å². The lowest BCUT2D eigenvalue weighted by Crippen LogP contribution is -2.46. The number of methoxy groups -OCH3 is 1. The van der Waals surface area contributed by atoms with Gasteiger partial charge in [-0.15, -0.1) is 0 Å². The Hall–Kier alpha value is -2.21. The molecule has 2 heterocycles. The highest BCUT2D eigenvalue weighted by Gasteiger charge is 2.38. The van der Waals surface area contributed by atoms with Crippen molar-refractivity contribution in [3.63, 3.8) is 0 Å². The number of hydrogen-bond acceptors (Lipinski definition) is 4. The number of nitrogens with zero attached hydrogens (tertiary/aromatic N) is 2. The van der Waals surface area contributed by atoms with Crippen LogP contribution in [0, 0.1) is 24.7 Å². The highest BCUT2D eigenvalue weighted by molar-refractivity contribution is 5.80. The van der Waals surface area contributed by atoms with Gasteiger partial charge in [-0.3, -0.25) is 14.6 Å². The van der Waals surface area contributed by atoms with E-state index in [1.54, 1.807) is 11.7 Å². The van der Waals surface area contributed by atoms with E-state index >= 15 is 0 Å². The van der Waals surface area contributed by atoms with E-state index in [0.717, 1.165) is 67.1 Å². The Morgan fingerprint density at radius 1 is 1.18 bits per heavy atom.